The molecule has 1 atom stereocenters. The minimum absolute atomic E-state index is 0.228. The minimum Gasteiger partial charge on any atom is -0.447 e. The van der Waals surface area contributed by atoms with Crippen molar-refractivity contribution >= 4 is 11.9 Å². The SMILES string of the molecule is C#CC(C)Oc1nc(NC)nc(N2CCOCC2)n1. The lowest BCUT2D eigenvalue weighted by Crippen LogP contribution is -2.37. The molecule has 1 aromatic rings. The Kier molecular flexibility index (Phi) is 4.36. The minimum atomic E-state index is -0.385. The van der Waals surface area contributed by atoms with E-state index in [0.29, 0.717) is 25.1 Å². The van der Waals surface area contributed by atoms with E-state index in [4.69, 9.17) is 15.9 Å². The molecule has 2 rings (SSSR count). The summed E-state index contributed by atoms with van der Waals surface area (Å²) in [6, 6.07) is 0.228. The summed E-state index contributed by atoms with van der Waals surface area (Å²) in [5.74, 6) is 3.50. The maximum atomic E-state index is 5.44. The molecule has 102 valence electrons. The number of morpholine rings is 1. The first-order chi connectivity index (χ1) is 9.22. The second-order valence-corrected chi connectivity index (χ2v) is 4.02. The Bertz CT molecular complexity index is 468. The van der Waals surface area contributed by atoms with E-state index in [2.05, 4.69) is 26.2 Å². The van der Waals surface area contributed by atoms with Crippen LogP contribution < -0.4 is 15.0 Å². The van der Waals surface area contributed by atoms with Gasteiger partial charge >= 0.3 is 6.01 Å². The Balaban J connectivity index is 2.22. The molecule has 0 aromatic carbocycles. The van der Waals surface area contributed by atoms with Gasteiger partial charge in [0.25, 0.3) is 0 Å². The maximum Gasteiger partial charge on any atom is 0.324 e. The Morgan fingerprint density at radius 1 is 1.37 bits per heavy atom. The summed E-state index contributed by atoms with van der Waals surface area (Å²) >= 11 is 0. The van der Waals surface area contributed by atoms with Crippen LogP contribution in [0.1, 0.15) is 6.92 Å². The van der Waals surface area contributed by atoms with Crippen LogP contribution in [-0.4, -0.2) is 54.4 Å². The Hall–Kier alpha value is -2.07. The van der Waals surface area contributed by atoms with Crippen molar-refractivity contribution in [2.24, 2.45) is 0 Å². The van der Waals surface area contributed by atoms with E-state index in [0.717, 1.165) is 13.1 Å². The zero-order valence-corrected chi connectivity index (χ0v) is 11.1. The number of nitrogens with zero attached hydrogens (tertiary/aromatic N) is 4. The summed E-state index contributed by atoms with van der Waals surface area (Å²) in [4.78, 5) is 14.8. The van der Waals surface area contributed by atoms with Crippen LogP contribution in [0.2, 0.25) is 0 Å². The van der Waals surface area contributed by atoms with E-state index in [9.17, 15) is 0 Å². The monoisotopic (exact) mass is 263 g/mol. The fourth-order valence-corrected chi connectivity index (χ4v) is 1.61. The highest BCUT2D eigenvalue weighted by Gasteiger charge is 2.17. The molecular weight excluding hydrogens is 246 g/mol. The molecule has 7 heteroatoms. The number of hydrogen-bond donors (Lipinski definition) is 1. The predicted molar refractivity (Wildman–Crippen MR) is 71.3 cm³/mol. The van der Waals surface area contributed by atoms with Gasteiger partial charge in [-0.25, -0.2) is 0 Å². The van der Waals surface area contributed by atoms with Crippen LogP contribution in [0.4, 0.5) is 11.9 Å². The number of hydrogen-bond acceptors (Lipinski definition) is 7. The van der Waals surface area contributed by atoms with Gasteiger partial charge in [-0.2, -0.15) is 15.0 Å². The lowest BCUT2D eigenvalue weighted by Gasteiger charge is -2.27. The lowest BCUT2D eigenvalue weighted by atomic mass is 10.4. The molecule has 19 heavy (non-hydrogen) atoms. The van der Waals surface area contributed by atoms with Crippen molar-refractivity contribution in [3.8, 4) is 18.4 Å². The zero-order chi connectivity index (χ0) is 13.7. The molecule has 0 bridgehead atoms. The summed E-state index contributed by atoms with van der Waals surface area (Å²) in [5.41, 5.74) is 0. The smallest absolute Gasteiger partial charge is 0.324 e. The highest BCUT2D eigenvalue weighted by Crippen LogP contribution is 2.16. The van der Waals surface area contributed by atoms with E-state index in [-0.39, 0.29) is 12.1 Å². The fraction of sp³-hybridized carbons (Fsp3) is 0.583. The molecule has 0 amide bonds. The van der Waals surface area contributed by atoms with Crippen LogP contribution in [0.25, 0.3) is 0 Å². The molecule has 0 spiro atoms. The number of terminal acetylenes is 1. The Labute approximate surface area is 112 Å². The van der Waals surface area contributed by atoms with Gasteiger partial charge in [0.05, 0.1) is 13.2 Å². The van der Waals surface area contributed by atoms with Gasteiger partial charge < -0.3 is 19.7 Å². The van der Waals surface area contributed by atoms with Gasteiger partial charge in [-0.1, -0.05) is 5.92 Å². The summed E-state index contributed by atoms with van der Waals surface area (Å²) < 4.78 is 10.7. The average Bonchev–Trinajstić information content (AvgIpc) is 2.47. The van der Waals surface area contributed by atoms with Crippen LogP contribution in [0.5, 0.6) is 6.01 Å². The molecule has 7 nitrogen and oxygen atoms in total. The first kappa shape index (κ1) is 13.4. The van der Waals surface area contributed by atoms with Crippen molar-refractivity contribution in [1.82, 2.24) is 15.0 Å². The lowest BCUT2D eigenvalue weighted by molar-refractivity contribution is 0.122. The molecule has 0 saturated carbocycles. The van der Waals surface area contributed by atoms with Crippen molar-refractivity contribution in [3.05, 3.63) is 0 Å². The fourth-order valence-electron chi connectivity index (χ4n) is 1.61. The molecule has 0 radical (unpaired) electrons. The van der Waals surface area contributed by atoms with Crippen molar-refractivity contribution in [2.75, 3.05) is 43.6 Å². The molecule has 1 aliphatic heterocycles. The van der Waals surface area contributed by atoms with Gasteiger partial charge in [0.15, 0.2) is 6.10 Å². The normalized spacial score (nSPS) is 16.6. The first-order valence-corrected chi connectivity index (χ1v) is 6.12. The highest BCUT2D eigenvalue weighted by molar-refractivity contribution is 5.38. The highest BCUT2D eigenvalue weighted by atomic mass is 16.5. The molecule has 0 aliphatic carbocycles. The van der Waals surface area contributed by atoms with Crippen LogP contribution in [-0.2, 0) is 4.74 Å². The Morgan fingerprint density at radius 3 is 2.74 bits per heavy atom. The van der Waals surface area contributed by atoms with Gasteiger partial charge in [0, 0.05) is 20.1 Å². The third-order valence-electron chi connectivity index (χ3n) is 2.64. The van der Waals surface area contributed by atoms with Crippen LogP contribution in [0.3, 0.4) is 0 Å². The van der Waals surface area contributed by atoms with Gasteiger partial charge in [0.1, 0.15) is 0 Å². The summed E-state index contributed by atoms with van der Waals surface area (Å²) in [7, 11) is 1.74. The second-order valence-electron chi connectivity index (χ2n) is 4.02. The quantitative estimate of drug-likeness (QED) is 0.775. The van der Waals surface area contributed by atoms with Gasteiger partial charge in [0.2, 0.25) is 11.9 Å². The number of anilines is 2. The van der Waals surface area contributed by atoms with Crippen LogP contribution >= 0.6 is 0 Å². The van der Waals surface area contributed by atoms with E-state index < -0.39 is 0 Å². The topological polar surface area (TPSA) is 72.4 Å². The summed E-state index contributed by atoms with van der Waals surface area (Å²) in [6.07, 6.45) is 4.90. The summed E-state index contributed by atoms with van der Waals surface area (Å²) in [6.45, 7) is 4.58. The maximum absolute atomic E-state index is 5.44. The second kappa shape index (κ2) is 6.20. The van der Waals surface area contributed by atoms with Crippen molar-refractivity contribution in [2.45, 2.75) is 13.0 Å². The average molecular weight is 263 g/mol. The zero-order valence-electron chi connectivity index (χ0n) is 11.1. The van der Waals surface area contributed by atoms with E-state index in [1.54, 1.807) is 14.0 Å². The van der Waals surface area contributed by atoms with E-state index >= 15 is 0 Å². The number of rotatable bonds is 4. The molecule has 2 heterocycles. The first-order valence-electron chi connectivity index (χ1n) is 6.12. The molecule has 1 fully saturated rings. The number of ether oxygens (including phenoxy) is 2. The molecule has 1 aliphatic rings. The third kappa shape index (κ3) is 3.45. The van der Waals surface area contributed by atoms with Gasteiger partial charge in [-0.15, -0.1) is 6.42 Å². The van der Waals surface area contributed by atoms with Crippen molar-refractivity contribution < 1.29 is 9.47 Å². The summed E-state index contributed by atoms with van der Waals surface area (Å²) in [5, 5.41) is 2.89. The number of aromatic nitrogens is 3. The molecule has 1 saturated heterocycles. The van der Waals surface area contributed by atoms with Gasteiger partial charge in [-0.3, -0.25) is 0 Å². The van der Waals surface area contributed by atoms with Crippen molar-refractivity contribution in [3.63, 3.8) is 0 Å². The van der Waals surface area contributed by atoms with E-state index in [1.165, 1.54) is 0 Å². The standard InChI is InChI=1S/C12H17N5O2/c1-4-9(2)19-12-15-10(13-3)14-11(16-12)17-5-7-18-8-6-17/h1,9H,5-8H2,2-3H3,(H,13,14,15,16). The third-order valence-corrected chi connectivity index (χ3v) is 2.64. The number of nitrogens with one attached hydrogen (secondary N) is 1. The largest absolute Gasteiger partial charge is 0.447 e. The van der Waals surface area contributed by atoms with Crippen LogP contribution in [0.15, 0.2) is 0 Å². The predicted octanol–water partition coefficient (Wildman–Crippen LogP) is 0.150. The molecule has 1 N–H and O–H groups in total. The molecule has 1 aromatic heterocycles. The van der Waals surface area contributed by atoms with E-state index in [1.807, 2.05) is 4.90 Å². The van der Waals surface area contributed by atoms with Crippen LogP contribution in [0, 0.1) is 12.3 Å². The van der Waals surface area contributed by atoms with Gasteiger partial charge in [-0.05, 0) is 6.92 Å². The molecular formula is C12H17N5O2. The van der Waals surface area contributed by atoms with Crippen molar-refractivity contribution in [1.29, 1.82) is 0 Å². The molecule has 1 unspecified atom stereocenters. The Morgan fingerprint density at radius 2 is 2.11 bits per heavy atom.